The molecule has 1 heterocycles. The first kappa shape index (κ1) is 15.8. The van der Waals surface area contributed by atoms with Gasteiger partial charge in [-0.1, -0.05) is 20.3 Å². The number of hydrogen-bond donors (Lipinski definition) is 1. The van der Waals surface area contributed by atoms with Gasteiger partial charge < -0.3 is 14.8 Å². The fourth-order valence-electron chi connectivity index (χ4n) is 2.10. The third kappa shape index (κ3) is 4.71. The maximum absolute atomic E-state index is 5.37. The third-order valence-electron chi connectivity index (χ3n) is 3.44. The van der Waals surface area contributed by atoms with Gasteiger partial charge in [-0.2, -0.15) is 0 Å². The molecule has 0 aliphatic rings. The highest BCUT2D eigenvalue weighted by Crippen LogP contribution is 2.28. The fourth-order valence-corrected chi connectivity index (χ4v) is 2.10. The van der Waals surface area contributed by atoms with Crippen LogP contribution in [0.1, 0.15) is 39.3 Å². The molecule has 0 saturated carbocycles. The van der Waals surface area contributed by atoms with E-state index in [4.69, 9.17) is 9.47 Å². The van der Waals surface area contributed by atoms with Gasteiger partial charge in [-0.05, 0) is 19.3 Å². The molecule has 1 N–H and O–H groups in total. The Balaban J connectivity index is 2.62. The lowest BCUT2D eigenvalue weighted by Gasteiger charge is -2.18. The smallest absolute Gasteiger partial charge is 0.183 e. The van der Waals surface area contributed by atoms with Crippen molar-refractivity contribution < 1.29 is 9.47 Å². The Morgan fingerprint density at radius 3 is 2.58 bits per heavy atom. The van der Waals surface area contributed by atoms with E-state index in [2.05, 4.69) is 31.1 Å². The van der Waals surface area contributed by atoms with E-state index in [-0.39, 0.29) is 0 Å². The van der Waals surface area contributed by atoms with Crippen molar-refractivity contribution in [3.8, 4) is 11.5 Å². The lowest BCUT2D eigenvalue weighted by atomic mass is 10.0. The average Bonchev–Trinajstić information content (AvgIpc) is 2.44. The Kier molecular flexibility index (Phi) is 6.64. The first-order valence-corrected chi connectivity index (χ1v) is 6.91. The standard InChI is InChI=1S/C15H26N2O2/c1-6-11(2)9-12(3)17-10-13-15(19-5)14(18-4)7-8-16-13/h7-8,11-12,17H,6,9-10H2,1-5H3. The summed E-state index contributed by atoms with van der Waals surface area (Å²) in [6.45, 7) is 7.41. The summed E-state index contributed by atoms with van der Waals surface area (Å²) < 4.78 is 10.6. The second-order valence-electron chi connectivity index (χ2n) is 5.02. The van der Waals surface area contributed by atoms with Crippen LogP contribution in [0, 0.1) is 5.92 Å². The Labute approximate surface area is 116 Å². The predicted octanol–water partition coefficient (Wildman–Crippen LogP) is 3.01. The molecule has 0 fully saturated rings. The molecule has 4 heteroatoms. The summed E-state index contributed by atoms with van der Waals surface area (Å²) in [6.07, 6.45) is 4.13. The SMILES string of the molecule is CCC(C)CC(C)NCc1nccc(OC)c1OC. The van der Waals surface area contributed by atoms with E-state index in [1.54, 1.807) is 20.4 Å². The summed E-state index contributed by atoms with van der Waals surface area (Å²) in [5, 5.41) is 3.49. The van der Waals surface area contributed by atoms with Gasteiger partial charge in [0.15, 0.2) is 11.5 Å². The minimum atomic E-state index is 0.465. The van der Waals surface area contributed by atoms with Gasteiger partial charge in [-0.15, -0.1) is 0 Å². The van der Waals surface area contributed by atoms with Crippen LogP contribution in [0.2, 0.25) is 0 Å². The summed E-state index contributed by atoms with van der Waals surface area (Å²) in [5.74, 6) is 2.18. The minimum Gasteiger partial charge on any atom is -0.493 e. The van der Waals surface area contributed by atoms with Crippen molar-refractivity contribution in [2.75, 3.05) is 14.2 Å². The number of methoxy groups -OCH3 is 2. The molecule has 0 saturated heterocycles. The molecule has 19 heavy (non-hydrogen) atoms. The number of ether oxygens (including phenoxy) is 2. The van der Waals surface area contributed by atoms with Gasteiger partial charge in [0, 0.05) is 24.8 Å². The van der Waals surface area contributed by atoms with Crippen LogP contribution in [0.5, 0.6) is 11.5 Å². The Morgan fingerprint density at radius 2 is 2.00 bits per heavy atom. The molecule has 0 bridgehead atoms. The zero-order valence-corrected chi connectivity index (χ0v) is 12.7. The molecule has 0 aliphatic heterocycles. The number of rotatable bonds is 8. The predicted molar refractivity (Wildman–Crippen MR) is 77.7 cm³/mol. The number of hydrogen-bond acceptors (Lipinski definition) is 4. The molecule has 0 spiro atoms. The van der Waals surface area contributed by atoms with Crippen LogP contribution < -0.4 is 14.8 Å². The van der Waals surface area contributed by atoms with Crippen molar-refractivity contribution in [1.82, 2.24) is 10.3 Å². The fraction of sp³-hybridized carbons (Fsp3) is 0.667. The maximum Gasteiger partial charge on any atom is 0.183 e. The molecule has 0 aliphatic carbocycles. The van der Waals surface area contributed by atoms with E-state index in [9.17, 15) is 0 Å². The molecular weight excluding hydrogens is 240 g/mol. The molecule has 108 valence electrons. The monoisotopic (exact) mass is 266 g/mol. The number of pyridine rings is 1. The average molecular weight is 266 g/mol. The molecule has 0 amide bonds. The maximum atomic E-state index is 5.37. The lowest BCUT2D eigenvalue weighted by molar-refractivity contribution is 0.345. The van der Waals surface area contributed by atoms with Crippen LogP contribution in [0.3, 0.4) is 0 Å². The van der Waals surface area contributed by atoms with Crippen LogP contribution in [-0.2, 0) is 6.54 Å². The van der Waals surface area contributed by atoms with Crippen LogP contribution in [0.25, 0.3) is 0 Å². The largest absolute Gasteiger partial charge is 0.493 e. The van der Waals surface area contributed by atoms with Crippen LogP contribution in [-0.4, -0.2) is 25.2 Å². The van der Waals surface area contributed by atoms with E-state index in [1.165, 1.54) is 12.8 Å². The highest BCUT2D eigenvalue weighted by Gasteiger charge is 2.12. The molecule has 0 aromatic carbocycles. The molecule has 1 aromatic heterocycles. The number of aromatic nitrogens is 1. The molecular formula is C15H26N2O2. The summed E-state index contributed by atoms with van der Waals surface area (Å²) in [6, 6.07) is 2.28. The molecule has 2 unspecified atom stereocenters. The summed E-state index contributed by atoms with van der Waals surface area (Å²) in [7, 11) is 3.28. The minimum absolute atomic E-state index is 0.465. The zero-order chi connectivity index (χ0) is 14.3. The second kappa shape index (κ2) is 8.00. The van der Waals surface area contributed by atoms with E-state index >= 15 is 0 Å². The van der Waals surface area contributed by atoms with Gasteiger partial charge >= 0.3 is 0 Å². The summed E-state index contributed by atoms with van der Waals surface area (Å²) >= 11 is 0. The van der Waals surface area contributed by atoms with Crippen molar-refractivity contribution in [2.24, 2.45) is 5.92 Å². The summed E-state index contributed by atoms with van der Waals surface area (Å²) in [4.78, 5) is 4.36. The van der Waals surface area contributed by atoms with Gasteiger partial charge in [0.05, 0.1) is 19.9 Å². The Hall–Kier alpha value is -1.29. The van der Waals surface area contributed by atoms with Gasteiger partial charge in [0.1, 0.15) is 0 Å². The molecule has 1 rings (SSSR count). The van der Waals surface area contributed by atoms with E-state index in [0.717, 1.165) is 17.4 Å². The third-order valence-corrected chi connectivity index (χ3v) is 3.44. The van der Waals surface area contributed by atoms with Gasteiger partial charge in [0.25, 0.3) is 0 Å². The lowest BCUT2D eigenvalue weighted by Crippen LogP contribution is -2.27. The molecule has 2 atom stereocenters. The van der Waals surface area contributed by atoms with Crippen molar-refractivity contribution >= 4 is 0 Å². The van der Waals surface area contributed by atoms with E-state index < -0.39 is 0 Å². The van der Waals surface area contributed by atoms with Crippen molar-refractivity contribution in [2.45, 2.75) is 46.2 Å². The molecule has 0 radical (unpaired) electrons. The van der Waals surface area contributed by atoms with Crippen LogP contribution >= 0.6 is 0 Å². The number of nitrogens with one attached hydrogen (secondary N) is 1. The quantitative estimate of drug-likeness (QED) is 0.785. The summed E-state index contributed by atoms with van der Waals surface area (Å²) in [5.41, 5.74) is 0.887. The molecule has 1 aromatic rings. The topological polar surface area (TPSA) is 43.4 Å². The van der Waals surface area contributed by atoms with Crippen LogP contribution in [0.15, 0.2) is 12.3 Å². The highest BCUT2D eigenvalue weighted by atomic mass is 16.5. The first-order chi connectivity index (χ1) is 9.12. The highest BCUT2D eigenvalue weighted by molar-refractivity contribution is 5.42. The van der Waals surface area contributed by atoms with Crippen molar-refractivity contribution in [1.29, 1.82) is 0 Å². The van der Waals surface area contributed by atoms with E-state index in [1.807, 2.05) is 6.07 Å². The Morgan fingerprint density at radius 1 is 1.26 bits per heavy atom. The van der Waals surface area contributed by atoms with Gasteiger partial charge in [-0.3, -0.25) is 4.98 Å². The second-order valence-corrected chi connectivity index (χ2v) is 5.02. The zero-order valence-electron chi connectivity index (χ0n) is 12.7. The van der Waals surface area contributed by atoms with Gasteiger partial charge in [0.2, 0.25) is 0 Å². The van der Waals surface area contributed by atoms with Crippen LogP contribution in [0.4, 0.5) is 0 Å². The van der Waals surface area contributed by atoms with Crippen molar-refractivity contribution in [3.05, 3.63) is 18.0 Å². The van der Waals surface area contributed by atoms with Crippen molar-refractivity contribution in [3.63, 3.8) is 0 Å². The first-order valence-electron chi connectivity index (χ1n) is 6.91. The normalized spacial score (nSPS) is 13.9. The van der Waals surface area contributed by atoms with E-state index in [0.29, 0.717) is 18.3 Å². The number of nitrogens with zero attached hydrogens (tertiary/aromatic N) is 1. The van der Waals surface area contributed by atoms with Gasteiger partial charge in [-0.25, -0.2) is 0 Å². The molecule has 4 nitrogen and oxygen atoms in total. The Bertz CT molecular complexity index is 382.